The molecule has 0 amide bonds. The number of hydrogen-bond acceptors (Lipinski definition) is 4. The molecule has 0 spiro atoms. The van der Waals surface area contributed by atoms with Crippen LogP contribution in [-0.4, -0.2) is 18.9 Å². The van der Waals surface area contributed by atoms with Gasteiger partial charge in [0.2, 0.25) is 0 Å². The molecule has 3 rings (SSSR count). The van der Waals surface area contributed by atoms with Gasteiger partial charge in [-0.3, -0.25) is 9.36 Å². The zero-order valence-electron chi connectivity index (χ0n) is 17.5. The third-order valence-corrected chi connectivity index (χ3v) is 7.01. The van der Waals surface area contributed by atoms with E-state index in [-0.39, 0.29) is 21.8 Å². The lowest BCUT2D eigenvalue weighted by Crippen LogP contribution is -2.41. The van der Waals surface area contributed by atoms with Crippen LogP contribution in [0.1, 0.15) is 77.4 Å². The topological polar surface area (TPSA) is 70.0 Å². The first-order valence-corrected chi connectivity index (χ1v) is 10.8. The van der Waals surface area contributed by atoms with Gasteiger partial charge in [-0.05, 0) is 59.1 Å². The predicted molar refractivity (Wildman–Crippen MR) is 112 cm³/mol. The van der Waals surface area contributed by atoms with Gasteiger partial charge in [0.15, 0.2) is 0 Å². The summed E-state index contributed by atoms with van der Waals surface area (Å²) in [5.74, 6) is 0.862. The van der Waals surface area contributed by atoms with Crippen LogP contribution in [0.3, 0.4) is 0 Å². The van der Waals surface area contributed by atoms with Gasteiger partial charge >= 0.3 is 0 Å². The molecule has 6 heteroatoms. The lowest BCUT2D eigenvalue weighted by atomic mass is 9.84. The molecule has 0 bridgehead atoms. The summed E-state index contributed by atoms with van der Waals surface area (Å²) >= 11 is -1.20. The molecule has 1 aliphatic rings. The molecule has 1 aromatic carbocycles. The van der Waals surface area contributed by atoms with Crippen LogP contribution in [0.25, 0.3) is 10.9 Å². The minimum atomic E-state index is -1.20. The Labute approximate surface area is 164 Å². The van der Waals surface area contributed by atoms with Crippen molar-refractivity contribution in [3.8, 4) is 0 Å². The minimum absolute atomic E-state index is 0.0388. The molecule has 0 saturated heterocycles. The summed E-state index contributed by atoms with van der Waals surface area (Å²) in [5.41, 5.74) is 2.60. The van der Waals surface area contributed by atoms with Crippen molar-refractivity contribution in [1.29, 1.82) is 0 Å². The molecule has 0 radical (unpaired) electrons. The fourth-order valence-electron chi connectivity index (χ4n) is 3.75. The van der Waals surface area contributed by atoms with Crippen LogP contribution in [0.4, 0.5) is 0 Å². The van der Waals surface area contributed by atoms with Gasteiger partial charge in [-0.15, -0.1) is 4.72 Å². The molecule has 1 aromatic heterocycles. The molecule has 5 nitrogen and oxygen atoms in total. The Morgan fingerprint density at radius 1 is 1.33 bits per heavy atom. The van der Waals surface area contributed by atoms with Crippen LogP contribution >= 0.6 is 0 Å². The van der Waals surface area contributed by atoms with E-state index in [4.69, 9.17) is 4.98 Å². The number of aryl methyl sites for hydroxylation is 1. The van der Waals surface area contributed by atoms with E-state index in [1.54, 1.807) is 0 Å². The van der Waals surface area contributed by atoms with E-state index in [0.717, 1.165) is 41.9 Å². The molecule has 2 atom stereocenters. The molecule has 2 aromatic rings. The van der Waals surface area contributed by atoms with Gasteiger partial charge in [-0.25, -0.2) is 4.98 Å². The van der Waals surface area contributed by atoms with Crippen LogP contribution in [0.5, 0.6) is 0 Å². The quantitative estimate of drug-likeness (QED) is 0.809. The predicted octanol–water partition coefficient (Wildman–Crippen LogP) is 3.89. The van der Waals surface area contributed by atoms with Crippen LogP contribution < -0.4 is 10.3 Å². The summed E-state index contributed by atoms with van der Waals surface area (Å²) in [5, 5.41) is 0.654. The first kappa shape index (κ1) is 20.4. The number of aromatic nitrogens is 2. The first-order chi connectivity index (χ1) is 12.4. The maximum Gasteiger partial charge on any atom is 0.261 e. The summed E-state index contributed by atoms with van der Waals surface area (Å²) in [6.45, 7) is 14.8. The molecule has 27 heavy (non-hydrogen) atoms. The van der Waals surface area contributed by atoms with E-state index in [9.17, 15) is 9.35 Å². The van der Waals surface area contributed by atoms with Crippen LogP contribution in [0, 0.1) is 6.92 Å². The molecule has 2 heterocycles. The molecule has 1 N–H and O–H groups in total. The number of nitrogens with zero attached hydrogens (tertiary/aromatic N) is 2. The fraction of sp³-hybridized carbons (Fsp3) is 0.619. The normalized spacial score (nSPS) is 19.0. The lowest BCUT2D eigenvalue weighted by Gasteiger charge is -2.32. The van der Waals surface area contributed by atoms with Gasteiger partial charge in [-0.1, -0.05) is 19.9 Å². The van der Waals surface area contributed by atoms with Gasteiger partial charge in [0.25, 0.3) is 5.56 Å². The monoisotopic (exact) mass is 389 g/mol. The second-order valence-electron chi connectivity index (χ2n) is 9.35. The maximum atomic E-state index is 13.2. The van der Waals surface area contributed by atoms with Crippen molar-refractivity contribution in [2.75, 3.05) is 0 Å². The van der Waals surface area contributed by atoms with Crippen molar-refractivity contribution in [3.05, 3.63) is 39.4 Å². The highest BCUT2D eigenvalue weighted by Crippen LogP contribution is 2.33. The highest BCUT2D eigenvalue weighted by atomic mass is 32.2. The van der Waals surface area contributed by atoms with Crippen molar-refractivity contribution in [2.45, 2.75) is 84.1 Å². The fourth-order valence-corrected chi connectivity index (χ4v) is 4.55. The average molecular weight is 390 g/mol. The van der Waals surface area contributed by atoms with Crippen molar-refractivity contribution in [1.82, 2.24) is 14.3 Å². The summed E-state index contributed by atoms with van der Waals surface area (Å²) in [6.07, 6.45) is 2.02. The Morgan fingerprint density at radius 3 is 2.63 bits per heavy atom. The van der Waals surface area contributed by atoms with E-state index < -0.39 is 11.4 Å². The highest BCUT2D eigenvalue weighted by Gasteiger charge is 2.33. The van der Waals surface area contributed by atoms with E-state index in [0.29, 0.717) is 5.39 Å². The van der Waals surface area contributed by atoms with Gasteiger partial charge in [-0.2, -0.15) is 0 Å². The van der Waals surface area contributed by atoms with Crippen molar-refractivity contribution < 1.29 is 4.55 Å². The lowest BCUT2D eigenvalue weighted by molar-refractivity contribution is 0.341. The third-order valence-electron chi connectivity index (χ3n) is 5.33. The summed E-state index contributed by atoms with van der Waals surface area (Å²) in [4.78, 5) is 18.2. The summed E-state index contributed by atoms with van der Waals surface area (Å²) in [6, 6.07) is 3.81. The Bertz CT molecular complexity index is 928. The van der Waals surface area contributed by atoms with E-state index in [1.165, 1.54) is 0 Å². The zero-order chi connectivity index (χ0) is 20.1. The van der Waals surface area contributed by atoms with Gasteiger partial charge in [0.05, 0.1) is 16.9 Å². The SMILES string of the molecule is Cc1cc([C@@H](C)N[S@+]([O-])C(C)(C)C)c2nc3n(c(=O)c2c1)CCCC3(C)C. The van der Waals surface area contributed by atoms with Crippen LogP contribution in [-0.2, 0) is 23.3 Å². The highest BCUT2D eigenvalue weighted by molar-refractivity contribution is 7.90. The van der Waals surface area contributed by atoms with Gasteiger partial charge < -0.3 is 4.55 Å². The van der Waals surface area contributed by atoms with Crippen molar-refractivity contribution in [2.24, 2.45) is 0 Å². The molecule has 148 valence electrons. The Balaban J connectivity index is 2.19. The molecule has 0 saturated carbocycles. The molecule has 1 aliphatic heterocycles. The number of benzene rings is 1. The van der Waals surface area contributed by atoms with Crippen LogP contribution in [0.15, 0.2) is 16.9 Å². The van der Waals surface area contributed by atoms with Gasteiger partial charge in [0, 0.05) is 28.9 Å². The van der Waals surface area contributed by atoms with Crippen molar-refractivity contribution >= 4 is 22.3 Å². The molecule has 0 aliphatic carbocycles. The second kappa shape index (κ2) is 6.90. The first-order valence-electron chi connectivity index (χ1n) is 9.65. The summed E-state index contributed by atoms with van der Waals surface area (Å²) < 4.78 is 17.3. The number of hydrogen-bond donors (Lipinski definition) is 1. The Kier molecular flexibility index (Phi) is 5.21. The van der Waals surface area contributed by atoms with E-state index >= 15 is 0 Å². The van der Waals surface area contributed by atoms with E-state index in [1.807, 2.05) is 45.3 Å². The number of nitrogens with one attached hydrogen (secondary N) is 1. The molecule has 0 fully saturated rings. The second-order valence-corrected chi connectivity index (χ2v) is 11.3. The minimum Gasteiger partial charge on any atom is -0.598 e. The largest absolute Gasteiger partial charge is 0.598 e. The average Bonchev–Trinajstić information content (AvgIpc) is 2.54. The van der Waals surface area contributed by atoms with E-state index in [2.05, 4.69) is 24.6 Å². The molecular weight excluding hydrogens is 358 g/mol. The molecular formula is C21H31N3O2S. The zero-order valence-corrected chi connectivity index (χ0v) is 18.3. The Morgan fingerprint density at radius 2 is 2.00 bits per heavy atom. The molecule has 0 unspecified atom stereocenters. The summed E-state index contributed by atoms with van der Waals surface area (Å²) in [7, 11) is 0. The smallest absolute Gasteiger partial charge is 0.261 e. The number of rotatable bonds is 3. The standard InChI is InChI=1S/C21H31N3O2S/c1-13-11-15(14(2)23-27(26)20(3,4)5)17-16(12-13)18(25)24-10-8-9-21(6,7)19(24)22-17/h11-12,14,23H,8-10H2,1-7H3/t14-,27-/m1/s1. The third kappa shape index (κ3) is 3.80. The van der Waals surface area contributed by atoms with Crippen molar-refractivity contribution in [3.63, 3.8) is 0 Å². The Hall–Kier alpha value is -1.37. The number of fused-ring (bicyclic) bond motifs is 2. The maximum absolute atomic E-state index is 13.2. The van der Waals surface area contributed by atoms with Gasteiger partial charge in [0.1, 0.15) is 10.6 Å². The van der Waals surface area contributed by atoms with Crippen LogP contribution in [0.2, 0.25) is 0 Å².